The summed E-state index contributed by atoms with van der Waals surface area (Å²) in [5, 5.41) is 3.87. The molecule has 1 heterocycles. The Balaban J connectivity index is 2.28. The number of hydrogen-bond acceptors (Lipinski definition) is 4. The van der Waals surface area contributed by atoms with Gasteiger partial charge in [-0.15, -0.1) is 0 Å². The molecule has 0 unspecified atom stereocenters. The number of rotatable bonds is 3. The Labute approximate surface area is 128 Å². The number of aryl methyl sites for hydroxylation is 1. The van der Waals surface area contributed by atoms with Crippen molar-refractivity contribution in [3.8, 4) is 11.5 Å². The molecule has 1 aromatic carbocycles. The van der Waals surface area contributed by atoms with Gasteiger partial charge in [-0.3, -0.25) is 4.99 Å². The summed E-state index contributed by atoms with van der Waals surface area (Å²) in [7, 11) is 0. The molecule has 0 atom stereocenters. The van der Waals surface area contributed by atoms with Crippen molar-refractivity contribution in [3.63, 3.8) is 0 Å². The summed E-state index contributed by atoms with van der Waals surface area (Å²) in [6.07, 6.45) is 0. The second-order valence-corrected chi connectivity index (χ2v) is 5.12. The van der Waals surface area contributed by atoms with E-state index in [2.05, 4.69) is 15.3 Å². The van der Waals surface area contributed by atoms with E-state index in [9.17, 15) is 4.39 Å². The SMILES string of the molecule is CCN=c1cc2oc3cc(NCC)c(F)cc3nc-2cc1C. The predicted molar refractivity (Wildman–Crippen MR) is 85.6 cm³/mol. The first-order chi connectivity index (χ1) is 10.6. The predicted octanol–water partition coefficient (Wildman–Crippen LogP) is 3.73. The van der Waals surface area contributed by atoms with Crippen molar-refractivity contribution in [2.45, 2.75) is 20.8 Å². The average Bonchev–Trinajstić information content (AvgIpc) is 2.48. The molecule has 0 bridgehead atoms. The molecule has 114 valence electrons. The average molecular weight is 299 g/mol. The van der Waals surface area contributed by atoms with Crippen molar-refractivity contribution < 1.29 is 8.81 Å². The van der Waals surface area contributed by atoms with Crippen molar-refractivity contribution in [2.75, 3.05) is 18.4 Å². The molecule has 5 heteroatoms. The topological polar surface area (TPSA) is 50.4 Å². The van der Waals surface area contributed by atoms with Crippen LogP contribution in [0.15, 0.2) is 33.7 Å². The van der Waals surface area contributed by atoms with Gasteiger partial charge >= 0.3 is 0 Å². The lowest BCUT2D eigenvalue weighted by Crippen LogP contribution is -2.09. The van der Waals surface area contributed by atoms with Gasteiger partial charge in [-0.25, -0.2) is 9.37 Å². The molecule has 0 spiro atoms. The number of halogens is 1. The summed E-state index contributed by atoms with van der Waals surface area (Å²) >= 11 is 0. The lowest BCUT2D eigenvalue weighted by molar-refractivity contribution is 0.604. The van der Waals surface area contributed by atoms with Gasteiger partial charge in [0.15, 0.2) is 11.3 Å². The van der Waals surface area contributed by atoms with Crippen molar-refractivity contribution in [2.24, 2.45) is 4.99 Å². The van der Waals surface area contributed by atoms with Gasteiger partial charge in [0.1, 0.15) is 17.0 Å². The Bertz CT molecular complexity index is 870. The molecule has 1 aliphatic carbocycles. The van der Waals surface area contributed by atoms with Gasteiger partial charge in [0, 0.05) is 31.3 Å². The summed E-state index contributed by atoms with van der Waals surface area (Å²) in [6.45, 7) is 7.24. The zero-order chi connectivity index (χ0) is 15.7. The molecule has 1 aliphatic heterocycles. The first-order valence-electron chi connectivity index (χ1n) is 7.41. The third-order valence-corrected chi connectivity index (χ3v) is 3.48. The van der Waals surface area contributed by atoms with Crippen LogP contribution in [0.25, 0.3) is 22.6 Å². The van der Waals surface area contributed by atoms with Gasteiger partial charge in [-0.05, 0) is 32.4 Å². The Morgan fingerprint density at radius 3 is 2.77 bits per heavy atom. The van der Waals surface area contributed by atoms with Crippen LogP contribution in [0.5, 0.6) is 0 Å². The molecule has 0 amide bonds. The minimum atomic E-state index is -0.328. The Hall–Kier alpha value is -2.43. The van der Waals surface area contributed by atoms with Gasteiger partial charge < -0.3 is 9.73 Å². The van der Waals surface area contributed by atoms with E-state index in [0.717, 1.165) is 10.9 Å². The Kier molecular flexibility index (Phi) is 3.79. The summed E-state index contributed by atoms with van der Waals surface area (Å²) in [5.41, 5.74) is 3.21. The van der Waals surface area contributed by atoms with E-state index in [0.29, 0.717) is 41.3 Å². The Morgan fingerprint density at radius 2 is 2.05 bits per heavy atom. The third kappa shape index (κ3) is 2.54. The van der Waals surface area contributed by atoms with Crippen LogP contribution in [0.1, 0.15) is 19.4 Å². The highest BCUT2D eigenvalue weighted by Crippen LogP contribution is 2.28. The highest BCUT2D eigenvalue weighted by molar-refractivity contribution is 5.80. The van der Waals surface area contributed by atoms with Crippen molar-refractivity contribution in [3.05, 3.63) is 41.0 Å². The van der Waals surface area contributed by atoms with Crippen LogP contribution >= 0.6 is 0 Å². The molecule has 3 rings (SSSR count). The fraction of sp³-hybridized carbons (Fsp3) is 0.294. The van der Waals surface area contributed by atoms with Crippen molar-refractivity contribution >= 4 is 16.8 Å². The maximum atomic E-state index is 14.0. The zero-order valence-electron chi connectivity index (χ0n) is 12.9. The summed E-state index contributed by atoms with van der Waals surface area (Å²) in [4.78, 5) is 8.94. The molecule has 2 aliphatic rings. The smallest absolute Gasteiger partial charge is 0.155 e. The number of hydrogen-bond donors (Lipinski definition) is 1. The number of nitrogens with one attached hydrogen (secondary N) is 1. The molecule has 1 aromatic rings. The summed E-state index contributed by atoms with van der Waals surface area (Å²) in [6, 6.07) is 6.85. The molecule has 0 aromatic heterocycles. The molecule has 22 heavy (non-hydrogen) atoms. The van der Waals surface area contributed by atoms with Crippen LogP contribution in [0, 0.1) is 12.7 Å². The van der Waals surface area contributed by atoms with E-state index in [4.69, 9.17) is 4.42 Å². The first kappa shape index (κ1) is 14.5. The van der Waals surface area contributed by atoms with E-state index in [1.165, 1.54) is 6.07 Å². The molecule has 0 fully saturated rings. The number of anilines is 1. The van der Waals surface area contributed by atoms with E-state index >= 15 is 0 Å². The maximum absolute atomic E-state index is 14.0. The summed E-state index contributed by atoms with van der Waals surface area (Å²) in [5.74, 6) is 0.324. The van der Waals surface area contributed by atoms with Crippen LogP contribution in [-0.4, -0.2) is 18.1 Å². The maximum Gasteiger partial charge on any atom is 0.155 e. The summed E-state index contributed by atoms with van der Waals surface area (Å²) < 4.78 is 19.9. The second-order valence-electron chi connectivity index (χ2n) is 5.12. The zero-order valence-corrected chi connectivity index (χ0v) is 12.9. The molecule has 1 N–H and O–H groups in total. The molecule has 0 radical (unpaired) electrons. The van der Waals surface area contributed by atoms with Gasteiger partial charge in [0.25, 0.3) is 0 Å². The van der Waals surface area contributed by atoms with E-state index < -0.39 is 0 Å². The van der Waals surface area contributed by atoms with Gasteiger partial charge in [0.05, 0.1) is 11.0 Å². The second kappa shape index (κ2) is 5.75. The minimum Gasteiger partial charge on any atom is -0.453 e. The van der Waals surface area contributed by atoms with Crippen LogP contribution in [0.2, 0.25) is 0 Å². The number of fused-ring (bicyclic) bond motifs is 2. The largest absolute Gasteiger partial charge is 0.453 e. The van der Waals surface area contributed by atoms with E-state index in [-0.39, 0.29) is 5.82 Å². The molecule has 0 saturated heterocycles. The lowest BCUT2D eigenvalue weighted by atomic mass is 10.1. The molecular formula is C17H18FN3O. The van der Waals surface area contributed by atoms with Gasteiger partial charge in [-0.1, -0.05) is 0 Å². The monoisotopic (exact) mass is 299 g/mol. The van der Waals surface area contributed by atoms with E-state index in [1.54, 1.807) is 6.07 Å². The molecule has 0 saturated carbocycles. The highest BCUT2D eigenvalue weighted by Gasteiger charge is 2.13. The molecular weight excluding hydrogens is 281 g/mol. The normalized spacial score (nSPS) is 12.3. The highest BCUT2D eigenvalue weighted by atomic mass is 19.1. The lowest BCUT2D eigenvalue weighted by Gasteiger charge is -2.10. The van der Waals surface area contributed by atoms with Gasteiger partial charge in [-0.2, -0.15) is 0 Å². The fourth-order valence-electron chi connectivity index (χ4n) is 2.46. The third-order valence-electron chi connectivity index (χ3n) is 3.48. The minimum absolute atomic E-state index is 0.328. The van der Waals surface area contributed by atoms with Crippen molar-refractivity contribution in [1.29, 1.82) is 0 Å². The number of benzene rings is 2. The number of aromatic nitrogens is 1. The van der Waals surface area contributed by atoms with Crippen LogP contribution in [-0.2, 0) is 0 Å². The van der Waals surface area contributed by atoms with E-state index in [1.807, 2.05) is 32.9 Å². The fourth-order valence-corrected chi connectivity index (χ4v) is 2.46. The van der Waals surface area contributed by atoms with Crippen molar-refractivity contribution in [1.82, 2.24) is 4.98 Å². The van der Waals surface area contributed by atoms with Gasteiger partial charge in [0.2, 0.25) is 0 Å². The van der Waals surface area contributed by atoms with Crippen LogP contribution in [0.4, 0.5) is 10.1 Å². The quantitative estimate of drug-likeness (QED) is 0.750. The number of nitrogens with zero attached hydrogens (tertiary/aromatic N) is 2. The standard InChI is InChI=1S/C17H18FN3O/c1-4-19-12-8-16-14(6-10(12)3)21-15-7-11(18)13(20-5-2)9-17(15)22-16/h6-9,20H,4-5H2,1-3H3. The van der Waals surface area contributed by atoms with Crippen LogP contribution in [0.3, 0.4) is 0 Å². The van der Waals surface area contributed by atoms with Crippen LogP contribution < -0.4 is 10.7 Å². The first-order valence-corrected chi connectivity index (χ1v) is 7.41. The Morgan fingerprint density at radius 1 is 1.23 bits per heavy atom. The molecule has 4 nitrogen and oxygen atoms in total.